The first kappa shape index (κ1) is 10.4. The van der Waals surface area contributed by atoms with Gasteiger partial charge in [-0.05, 0) is 0 Å². The lowest BCUT2D eigenvalue weighted by Crippen LogP contribution is -1.93. The molecule has 0 aliphatic heterocycles. The first-order chi connectivity index (χ1) is 7.65. The highest BCUT2D eigenvalue weighted by Crippen LogP contribution is 2.27. The second-order valence-electron chi connectivity index (χ2n) is 3.12. The molecule has 5 heteroatoms. The van der Waals surface area contributed by atoms with E-state index < -0.39 is 11.6 Å². The highest BCUT2D eigenvalue weighted by atomic mass is 19.1. The van der Waals surface area contributed by atoms with Crippen LogP contribution in [0.15, 0.2) is 36.7 Å². The van der Waals surface area contributed by atoms with E-state index in [2.05, 4.69) is 4.98 Å². The van der Waals surface area contributed by atoms with Crippen LogP contribution in [-0.4, -0.2) is 4.98 Å². The zero-order chi connectivity index (χ0) is 11.5. The summed E-state index contributed by atoms with van der Waals surface area (Å²) in [6.45, 7) is 0. The maximum Gasteiger partial charge on any atom is 0.153 e. The minimum absolute atomic E-state index is 0.0513. The highest BCUT2D eigenvalue weighted by molar-refractivity contribution is 5.51. The number of pyridine rings is 1. The van der Waals surface area contributed by atoms with Crippen LogP contribution in [0.3, 0.4) is 0 Å². The summed E-state index contributed by atoms with van der Waals surface area (Å²) in [4.78, 5) is 3.77. The molecule has 0 amide bonds. The smallest absolute Gasteiger partial charge is 0.153 e. The molecule has 0 unspecified atom stereocenters. The molecule has 2 rings (SSSR count). The Kier molecular flexibility index (Phi) is 2.68. The zero-order valence-electron chi connectivity index (χ0n) is 8.15. The quantitative estimate of drug-likeness (QED) is 0.849. The van der Waals surface area contributed by atoms with Gasteiger partial charge in [-0.1, -0.05) is 0 Å². The Morgan fingerprint density at radius 3 is 2.44 bits per heavy atom. The number of hydrogen-bond acceptors (Lipinski definition) is 3. The highest BCUT2D eigenvalue weighted by Gasteiger charge is 2.05. The molecular weight excluding hydrogens is 214 g/mol. The molecule has 0 atom stereocenters. The van der Waals surface area contributed by atoms with Crippen molar-refractivity contribution in [1.82, 2.24) is 4.98 Å². The summed E-state index contributed by atoms with van der Waals surface area (Å²) in [5.74, 6) is -1.05. The van der Waals surface area contributed by atoms with Gasteiger partial charge >= 0.3 is 0 Å². The number of aromatic nitrogens is 1. The van der Waals surface area contributed by atoms with Crippen molar-refractivity contribution in [1.29, 1.82) is 0 Å². The predicted octanol–water partition coefficient (Wildman–Crippen LogP) is 2.73. The Labute approximate surface area is 90.5 Å². The van der Waals surface area contributed by atoms with Crippen LogP contribution in [0.5, 0.6) is 11.5 Å². The molecule has 0 fully saturated rings. The van der Waals surface area contributed by atoms with Gasteiger partial charge in [0.2, 0.25) is 0 Å². The number of benzene rings is 1. The van der Waals surface area contributed by atoms with Crippen molar-refractivity contribution in [3.63, 3.8) is 0 Å². The third-order valence-electron chi connectivity index (χ3n) is 1.87. The van der Waals surface area contributed by atoms with Gasteiger partial charge in [-0.2, -0.15) is 0 Å². The van der Waals surface area contributed by atoms with Gasteiger partial charge in [-0.3, -0.25) is 4.98 Å². The SMILES string of the molecule is Nc1cnccc1Oc1cc(F)cc(F)c1. The van der Waals surface area contributed by atoms with Gasteiger partial charge in [-0.25, -0.2) is 8.78 Å². The van der Waals surface area contributed by atoms with Gasteiger partial charge in [0.15, 0.2) is 5.75 Å². The fraction of sp³-hybridized carbons (Fsp3) is 0. The molecule has 1 heterocycles. The van der Waals surface area contributed by atoms with E-state index in [1.54, 1.807) is 0 Å². The summed E-state index contributed by atoms with van der Waals surface area (Å²) < 4.78 is 31.0. The molecule has 0 bridgehead atoms. The molecule has 82 valence electrons. The standard InChI is InChI=1S/C11H8F2N2O/c12-7-3-8(13)5-9(4-7)16-11-1-2-15-6-10(11)14/h1-6H,14H2. The number of nitrogens with zero attached hydrogens (tertiary/aromatic N) is 1. The summed E-state index contributed by atoms with van der Waals surface area (Å²) >= 11 is 0. The summed E-state index contributed by atoms with van der Waals surface area (Å²) in [6, 6.07) is 4.42. The van der Waals surface area contributed by atoms with Gasteiger partial charge in [0.05, 0.1) is 11.9 Å². The molecule has 0 saturated carbocycles. The predicted molar refractivity (Wildman–Crippen MR) is 55.1 cm³/mol. The number of ether oxygens (including phenoxy) is 1. The third-order valence-corrected chi connectivity index (χ3v) is 1.87. The molecule has 0 saturated heterocycles. The van der Waals surface area contributed by atoms with Crippen LogP contribution >= 0.6 is 0 Å². The molecule has 1 aromatic heterocycles. The van der Waals surface area contributed by atoms with Crippen molar-refractivity contribution in [2.24, 2.45) is 0 Å². The Bertz CT molecular complexity index is 497. The molecule has 0 aliphatic carbocycles. The number of halogens is 2. The van der Waals surface area contributed by atoms with E-state index in [1.807, 2.05) is 0 Å². The number of hydrogen-bond donors (Lipinski definition) is 1. The van der Waals surface area contributed by atoms with Gasteiger partial charge in [-0.15, -0.1) is 0 Å². The van der Waals surface area contributed by atoms with Crippen molar-refractivity contribution in [3.05, 3.63) is 48.3 Å². The maximum absolute atomic E-state index is 12.9. The molecule has 2 aromatic rings. The summed E-state index contributed by atoms with van der Waals surface area (Å²) in [5, 5.41) is 0. The Hall–Kier alpha value is -2.17. The van der Waals surface area contributed by atoms with Gasteiger partial charge in [0.25, 0.3) is 0 Å². The first-order valence-electron chi connectivity index (χ1n) is 4.48. The second-order valence-corrected chi connectivity index (χ2v) is 3.12. The molecule has 0 spiro atoms. The van der Waals surface area contributed by atoms with E-state index >= 15 is 0 Å². The Morgan fingerprint density at radius 2 is 1.81 bits per heavy atom. The molecule has 0 aliphatic rings. The van der Waals surface area contributed by atoms with Crippen molar-refractivity contribution in [2.75, 3.05) is 5.73 Å². The minimum atomic E-state index is -0.706. The van der Waals surface area contributed by atoms with E-state index in [-0.39, 0.29) is 5.75 Å². The maximum atomic E-state index is 12.9. The van der Waals surface area contributed by atoms with Crippen molar-refractivity contribution < 1.29 is 13.5 Å². The van der Waals surface area contributed by atoms with Gasteiger partial charge < -0.3 is 10.5 Å². The summed E-state index contributed by atoms with van der Waals surface area (Å²) in [7, 11) is 0. The van der Waals surface area contributed by atoms with Gasteiger partial charge in [0.1, 0.15) is 17.4 Å². The Morgan fingerprint density at radius 1 is 1.12 bits per heavy atom. The van der Waals surface area contributed by atoms with E-state index in [9.17, 15) is 8.78 Å². The minimum Gasteiger partial charge on any atom is -0.455 e. The molecule has 0 radical (unpaired) electrons. The molecule has 3 nitrogen and oxygen atoms in total. The fourth-order valence-corrected chi connectivity index (χ4v) is 1.20. The lowest BCUT2D eigenvalue weighted by Gasteiger charge is -2.07. The lowest BCUT2D eigenvalue weighted by atomic mass is 10.3. The number of nitrogen functional groups attached to an aromatic ring is 1. The van der Waals surface area contributed by atoms with Crippen LogP contribution in [0.2, 0.25) is 0 Å². The van der Waals surface area contributed by atoms with Gasteiger partial charge in [0, 0.05) is 30.5 Å². The van der Waals surface area contributed by atoms with Crippen LogP contribution < -0.4 is 10.5 Å². The van der Waals surface area contributed by atoms with E-state index in [1.165, 1.54) is 18.5 Å². The average Bonchev–Trinajstić information content (AvgIpc) is 2.20. The number of rotatable bonds is 2. The molecule has 2 N–H and O–H groups in total. The zero-order valence-corrected chi connectivity index (χ0v) is 8.15. The normalized spacial score (nSPS) is 10.1. The molecular formula is C11H8F2N2O. The third kappa shape index (κ3) is 2.25. The van der Waals surface area contributed by atoms with Crippen molar-refractivity contribution in [2.45, 2.75) is 0 Å². The fourth-order valence-electron chi connectivity index (χ4n) is 1.20. The summed E-state index contributed by atoms with van der Waals surface area (Å²) in [5.41, 5.74) is 5.87. The van der Waals surface area contributed by atoms with Crippen molar-refractivity contribution >= 4 is 5.69 Å². The van der Waals surface area contributed by atoms with Crippen molar-refractivity contribution in [3.8, 4) is 11.5 Å². The average molecular weight is 222 g/mol. The van der Waals surface area contributed by atoms with Crippen LogP contribution in [0.25, 0.3) is 0 Å². The monoisotopic (exact) mass is 222 g/mol. The number of anilines is 1. The second kappa shape index (κ2) is 4.14. The van der Waals surface area contributed by atoms with Crippen LogP contribution in [0, 0.1) is 11.6 Å². The van der Waals surface area contributed by atoms with E-state index in [0.717, 1.165) is 18.2 Å². The molecule has 16 heavy (non-hydrogen) atoms. The Balaban J connectivity index is 2.30. The first-order valence-corrected chi connectivity index (χ1v) is 4.48. The van der Waals surface area contributed by atoms with Crippen LogP contribution in [0.4, 0.5) is 14.5 Å². The lowest BCUT2D eigenvalue weighted by molar-refractivity contribution is 0.470. The van der Waals surface area contributed by atoms with Crippen LogP contribution in [-0.2, 0) is 0 Å². The largest absolute Gasteiger partial charge is 0.455 e. The van der Waals surface area contributed by atoms with E-state index in [0.29, 0.717) is 11.4 Å². The topological polar surface area (TPSA) is 48.1 Å². The molecule has 1 aromatic carbocycles. The number of nitrogens with two attached hydrogens (primary N) is 1. The summed E-state index contributed by atoms with van der Waals surface area (Å²) in [6.07, 6.45) is 2.87. The van der Waals surface area contributed by atoms with E-state index in [4.69, 9.17) is 10.5 Å². The van der Waals surface area contributed by atoms with Crippen LogP contribution in [0.1, 0.15) is 0 Å².